The zero-order valence-corrected chi connectivity index (χ0v) is 11.4. The zero-order valence-electron chi connectivity index (χ0n) is 10.7. The molecular formula is C12H16ClN3O3. The molecule has 0 bridgehead atoms. The number of halogens is 1. The van der Waals surface area contributed by atoms with Crippen molar-refractivity contribution in [2.24, 2.45) is 10.9 Å². The predicted molar refractivity (Wildman–Crippen MR) is 72.7 cm³/mol. The number of hydrogen-bond acceptors (Lipinski definition) is 4. The van der Waals surface area contributed by atoms with Crippen molar-refractivity contribution in [1.29, 1.82) is 0 Å². The summed E-state index contributed by atoms with van der Waals surface area (Å²) in [6.07, 6.45) is 0.255. The lowest BCUT2D eigenvalue weighted by Gasteiger charge is -2.24. The van der Waals surface area contributed by atoms with Crippen molar-refractivity contribution in [1.82, 2.24) is 4.90 Å². The first-order valence-corrected chi connectivity index (χ1v) is 5.96. The summed E-state index contributed by atoms with van der Waals surface area (Å²) in [6, 6.07) is 4.00. The van der Waals surface area contributed by atoms with Gasteiger partial charge in [0.05, 0.1) is 5.02 Å². The van der Waals surface area contributed by atoms with Crippen LogP contribution in [0.1, 0.15) is 23.7 Å². The number of phenols is 1. The summed E-state index contributed by atoms with van der Waals surface area (Å²) >= 11 is 5.76. The van der Waals surface area contributed by atoms with Gasteiger partial charge in [-0.1, -0.05) is 16.8 Å². The van der Waals surface area contributed by atoms with Gasteiger partial charge in [0, 0.05) is 25.1 Å². The van der Waals surface area contributed by atoms with E-state index in [2.05, 4.69) is 5.16 Å². The fourth-order valence-electron chi connectivity index (χ4n) is 1.52. The molecule has 0 aliphatic heterocycles. The molecule has 6 nitrogen and oxygen atoms in total. The molecule has 1 amide bonds. The van der Waals surface area contributed by atoms with Gasteiger partial charge in [0.15, 0.2) is 0 Å². The van der Waals surface area contributed by atoms with Gasteiger partial charge in [-0.2, -0.15) is 0 Å². The van der Waals surface area contributed by atoms with E-state index >= 15 is 0 Å². The number of oxime groups is 1. The minimum atomic E-state index is -0.264. The maximum Gasteiger partial charge on any atom is 0.253 e. The lowest BCUT2D eigenvalue weighted by molar-refractivity contribution is 0.0747. The Labute approximate surface area is 116 Å². The van der Waals surface area contributed by atoms with Crippen LogP contribution in [0.4, 0.5) is 0 Å². The van der Waals surface area contributed by atoms with Crippen LogP contribution < -0.4 is 5.73 Å². The van der Waals surface area contributed by atoms with Crippen LogP contribution in [0.2, 0.25) is 5.02 Å². The molecule has 0 saturated carbocycles. The van der Waals surface area contributed by atoms with E-state index in [0.717, 1.165) is 0 Å². The molecule has 0 saturated heterocycles. The normalized spacial score (nSPS) is 13.1. The van der Waals surface area contributed by atoms with Crippen LogP contribution in [0.5, 0.6) is 5.75 Å². The molecule has 0 aliphatic carbocycles. The first-order valence-electron chi connectivity index (χ1n) is 5.59. The molecule has 0 fully saturated rings. The zero-order chi connectivity index (χ0) is 14.6. The smallest absolute Gasteiger partial charge is 0.253 e. The summed E-state index contributed by atoms with van der Waals surface area (Å²) in [7, 11) is 1.61. The monoisotopic (exact) mass is 285 g/mol. The molecule has 1 rings (SSSR count). The lowest BCUT2D eigenvalue weighted by Crippen LogP contribution is -2.37. The molecule has 104 valence electrons. The number of carbonyl (C=O) groups is 1. The van der Waals surface area contributed by atoms with Crippen LogP contribution in [0.3, 0.4) is 0 Å². The maximum atomic E-state index is 12.2. The van der Waals surface area contributed by atoms with Crippen LogP contribution in [-0.4, -0.2) is 40.0 Å². The largest absolute Gasteiger partial charge is 0.506 e. The van der Waals surface area contributed by atoms with E-state index in [1.54, 1.807) is 14.0 Å². The number of amidine groups is 1. The van der Waals surface area contributed by atoms with Crippen LogP contribution in [-0.2, 0) is 0 Å². The molecule has 0 aromatic heterocycles. The summed E-state index contributed by atoms with van der Waals surface area (Å²) in [5.41, 5.74) is 5.76. The topological polar surface area (TPSA) is 99.2 Å². The molecule has 0 heterocycles. The number of amides is 1. The third kappa shape index (κ3) is 3.75. The van der Waals surface area contributed by atoms with Gasteiger partial charge < -0.3 is 20.9 Å². The van der Waals surface area contributed by atoms with Crippen LogP contribution in [0, 0.1) is 0 Å². The second-order valence-electron chi connectivity index (χ2n) is 4.23. The molecule has 0 aliphatic rings. The minimum Gasteiger partial charge on any atom is -0.506 e. The molecule has 1 aromatic rings. The molecule has 1 aromatic carbocycles. The number of nitrogens with two attached hydrogens (primary N) is 1. The van der Waals surface area contributed by atoms with Crippen molar-refractivity contribution in [2.75, 3.05) is 7.05 Å². The molecule has 1 unspecified atom stereocenters. The highest BCUT2D eigenvalue weighted by Gasteiger charge is 2.19. The maximum absolute atomic E-state index is 12.2. The Morgan fingerprint density at radius 1 is 1.58 bits per heavy atom. The predicted octanol–water partition coefficient (Wildman–Crippen LogP) is 1.64. The third-order valence-corrected chi connectivity index (χ3v) is 3.11. The summed E-state index contributed by atoms with van der Waals surface area (Å²) < 4.78 is 0. The van der Waals surface area contributed by atoms with E-state index in [1.807, 2.05) is 0 Å². The van der Waals surface area contributed by atoms with Gasteiger partial charge in [-0.3, -0.25) is 4.79 Å². The number of aromatic hydroxyl groups is 1. The SMILES string of the molecule is CC(C/C(N)=N/O)N(C)C(=O)c1ccc(O)c(Cl)c1. The molecule has 19 heavy (non-hydrogen) atoms. The number of phenolic OH excluding ortho intramolecular Hbond substituents is 1. The van der Waals surface area contributed by atoms with Crippen molar-refractivity contribution < 1.29 is 15.1 Å². The molecule has 0 radical (unpaired) electrons. The van der Waals surface area contributed by atoms with Crippen molar-refractivity contribution in [3.05, 3.63) is 28.8 Å². The average molecular weight is 286 g/mol. The van der Waals surface area contributed by atoms with Crippen LogP contribution in [0.15, 0.2) is 23.4 Å². The Morgan fingerprint density at radius 2 is 2.21 bits per heavy atom. The lowest BCUT2D eigenvalue weighted by atomic mass is 10.1. The van der Waals surface area contributed by atoms with Crippen LogP contribution >= 0.6 is 11.6 Å². The van der Waals surface area contributed by atoms with E-state index in [1.165, 1.54) is 23.1 Å². The first-order chi connectivity index (χ1) is 8.86. The Balaban J connectivity index is 2.84. The van der Waals surface area contributed by atoms with Gasteiger partial charge >= 0.3 is 0 Å². The first kappa shape index (κ1) is 15.1. The van der Waals surface area contributed by atoms with Crippen molar-refractivity contribution in [3.63, 3.8) is 0 Å². The number of carbonyl (C=O) groups excluding carboxylic acids is 1. The van der Waals surface area contributed by atoms with Crippen molar-refractivity contribution in [3.8, 4) is 5.75 Å². The standard InChI is InChI=1S/C12H16ClN3O3/c1-7(5-11(14)15-19)16(2)12(18)8-3-4-10(17)9(13)6-8/h3-4,6-7,17,19H,5H2,1-2H3,(H2,14,15). The third-order valence-electron chi connectivity index (χ3n) is 2.81. The van der Waals surface area contributed by atoms with Gasteiger partial charge in [-0.25, -0.2) is 0 Å². The molecule has 1 atom stereocenters. The highest BCUT2D eigenvalue weighted by atomic mass is 35.5. The van der Waals surface area contributed by atoms with Gasteiger partial charge in [0.25, 0.3) is 5.91 Å². The second kappa shape index (κ2) is 6.29. The quantitative estimate of drug-likeness (QED) is 0.339. The number of benzene rings is 1. The van der Waals surface area contributed by atoms with E-state index in [9.17, 15) is 9.90 Å². The Bertz CT molecular complexity index is 505. The molecule has 4 N–H and O–H groups in total. The summed E-state index contributed by atoms with van der Waals surface area (Å²) in [4.78, 5) is 13.6. The fourth-order valence-corrected chi connectivity index (χ4v) is 1.70. The minimum absolute atomic E-state index is 0.0517. The molecule has 0 spiro atoms. The van der Waals surface area contributed by atoms with Crippen molar-refractivity contribution in [2.45, 2.75) is 19.4 Å². The molecular weight excluding hydrogens is 270 g/mol. The summed E-state index contributed by atoms with van der Waals surface area (Å²) in [5, 5.41) is 20.8. The van der Waals surface area contributed by atoms with Gasteiger partial charge in [-0.15, -0.1) is 0 Å². The average Bonchev–Trinajstić information content (AvgIpc) is 2.39. The van der Waals surface area contributed by atoms with Gasteiger partial charge in [-0.05, 0) is 25.1 Å². The molecule has 7 heteroatoms. The number of nitrogens with zero attached hydrogens (tertiary/aromatic N) is 2. The van der Waals surface area contributed by atoms with E-state index < -0.39 is 0 Å². The van der Waals surface area contributed by atoms with Gasteiger partial charge in [0.1, 0.15) is 11.6 Å². The highest BCUT2D eigenvalue weighted by molar-refractivity contribution is 6.32. The number of hydrogen-bond donors (Lipinski definition) is 3. The second-order valence-corrected chi connectivity index (χ2v) is 4.63. The van der Waals surface area contributed by atoms with E-state index in [0.29, 0.717) is 5.56 Å². The van der Waals surface area contributed by atoms with Gasteiger partial charge in [0.2, 0.25) is 0 Å². The van der Waals surface area contributed by atoms with E-state index in [4.69, 9.17) is 22.5 Å². The fraction of sp³-hybridized carbons (Fsp3) is 0.333. The van der Waals surface area contributed by atoms with E-state index in [-0.39, 0.29) is 35.0 Å². The van der Waals surface area contributed by atoms with Crippen molar-refractivity contribution >= 4 is 23.3 Å². The number of rotatable bonds is 4. The highest BCUT2D eigenvalue weighted by Crippen LogP contribution is 2.24. The van der Waals surface area contributed by atoms with Crippen LogP contribution in [0.25, 0.3) is 0 Å². The Kier molecular flexibility index (Phi) is 5.00. The Hall–Kier alpha value is -1.95. The summed E-state index contributed by atoms with van der Waals surface area (Å²) in [6.45, 7) is 1.78. The Morgan fingerprint density at radius 3 is 2.74 bits per heavy atom. The summed E-state index contributed by atoms with van der Waals surface area (Å²) in [5.74, 6) is -0.290.